The maximum Gasteiger partial charge on any atom is 0.181 e. The molecule has 2 N–H and O–H groups in total. The lowest BCUT2D eigenvalue weighted by atomic mass is 10.0. The Bertz CT molecular complexity index is 315. The summed E-state index contributed by atoms with van der Waals surface area (Å²) >= 11 is 1.58. The lowest BCUT2D eigenvalue weighted by Gasteiger charge is -2.35. The maximum absolute atomic E-state index is 5.63. The number of aromatic nitrogens is 1. The average molecular weight is 226 g/mol. The molecule has 0 spiro atoms. The van der Waals surface area contributed by atoms with Crippen molar-refractivity contribution in [2.24, 2.45) is 0 Å². The summed E-state index contributed by atoms with van der Waals surface area (Å²) in [6, 6.07) is 0.728. The van der Waals surface area contributed by atoms with Gasteiger partial charge in [0.25, 0.3) is 0 Å². The standard InChI is InChI=1S/C10H18N4S/c1-13(2)8-3-5-14(6-4-8)9-7-12-10(11)15-9/h7-8H,3-6H2,1-2H3,(H2,11,12). The van der Waals surface area contributed by atoms with Crippen LogP contribution in [-0.2, 0) is 0 Å². The molecule has 5 heteroatoms. The number of nitrogens with zero attached hydrogens (tertiary/aromatic N) is 3. The highest BCUT2D eigenvalue weighted by Crippen LogP contribution is 2.28. The number of anilines is 2. The number of nitrogens with two attached hydrogens (primary N) is 1. The Morgan fingerprint density at radius 2 is 2.13 bits per heavy atom. The van der Waals surface area contributed by atoms with Gasteiger partial charge in [0.05, 0.1) is 6.20 Å². The molecule has 0 aliphatic carbocycles. The van der Waals surface area contributed by atoms with E-state index in [1.54, 1.807) is 11.3 Å². The van der Waals surface area contributed by atoms with Gasteiger partial charge < -0.3 is 15.5 Å². The van der Waals surface area contributed by atoms with Crippen LogP contribution in [0.2, 0.25) is 0 Å². The van der Waals surface area contributed by atoms with Gasteiger partial charge in [-0.1, -0.05) is 11.3 Å². The zero-order chi connectivity index (χ0) is 10.8. The fraction of sp³-hybridized carbons (Fsp3) is 0.700. The topological polar surface area (TPSA) is 45.4 Å². The lowest BCUT2D eigenvalue weighted by molar-refractivity contribution is 0.250. The first-order valence-electron chi connectivity index (χ1n) is 5.29. The zero-order valence-electron chi connectivity index (χ0n) is 9.31. The first kappa shape index (κ1) is 10.7. The summed E-state index contributed by atoms with van der Waals surface area (Å²) in [5.74, 6) is 0. The largest absolute Gasteiger partial charge is 0.375 e. The van der Waals surface area contributed by atoms with Gasteiger partial charge in [0.2, 0.25) is 0 Å². The SMILES string of the molecule is CN(C)C1CCN(c2cnc(N)s2)CC1. The summed E-state index contributed by atoms with van der Waals surface area (Å²) in [6.07, 6.45) is 4.34. The second-order valence-electron chi connectivity index (χ2n) is 4.22. The fourth-order valence-corrected chi connectivity index (χ4v) is 2.76. The smallest absolute Gasteiger partial charge is 0.181 e. The summed E-state index contributed by atoms with van der Waals surface area (Å²) in [5, 5.41) is 1.88. The molecule has 0 aromatic carbocycles. The average Bonchev–Trinajstić information content (AvgIpc) is 2.65. The van der Waals surface area contributed by atoms with Gasteiger partial charge in [0.15, 0.2) is 5.13 Å². The Morgan fingerprint density at radius 3 is 2.60 bits per heavy atom. The van der Waals surface area contributed by atoms with E-state index >= 15 is 0 Å². The van der Waals surface area contributed by atoms with Gasteiger partial charge >= 0.3 is 0 Å². The summed E-state index contributed by atoms with van der Waals surface area (Å²) in [7, 11) is 4.32. The first-order chi connectivity index (χ1) is 7.16. The van der Waals surface area contributed by atoms with E-state index in [1.165, 1.54) is 17.8 Å². The normalized spacial score (nSPS) is 18.7. The number of hydrogen-bond acceptors (Lipinski definition) is 5. The minimum atomic E-state index is 0.666. The van der Waals surface area contributed by atoms with Crippen molar-refractivity contribution < 1.29 is 0 Å². The molecule has 0 radical (unpaired) electrons. The predicted molar refractivity (Wildman–Crippen MR) is 65.4 cm³/mol. The monoisotopic (exact) mass is 226 g/mol. The van der Waals surface area contributed by atoms with E-state index in [1.807, 2.05) is 6.20 Å². The van der Waals surface area contributed by atoms with Crippen LogP contribution in [0.4, 0.5) is 10.1 Å². The molecule has 1 aliphatic rings. The second-order valence-corrected chi connectivity index (χ2v) is 5.26. The molecule has 2 heterocycles. The van der Waals surface area contributed by atoms with Crippen LogP contribution in [0.5, 0.6) is 0 Å². The first-order valence-corrected chi connectivity index (χ1v) is 6.11. The van der Waals surface area contributed by atoms with Gasteiger partial charge in [0, 0.05) is 19.1 Å². The number of rotatable bonds is 2. The number of nitrogen functional groups attached to an aromatic ring is 1. The van der Waals surface area contributed by atoms with E-state index in [9.17, 15) is 0 Å². The van der Waals surface area contributed by atoms with Gasteiger partial charge in [-0.25, -0.2) is 4.98 Å². The van der Waals surface area contributed by atoms with Gasteiger partial charge in [-0.2, -0.15) is 0 Å². The maximum atomic E-state index is 5.63. The number of thiazole rings is 1. The molecule has 0 saturated carbocycles. The third-order valence-electron chi connectivity index (χ3n) is 3.02. The molecular weight excluding hydrogens is 208 g/mol. The molecule has 84 valence electrons. The molecule has 0 amide bonds. The molecule has 1 fully saturated rings. The van der Waals surface area contributed by atoms with Crippen molar-refractivity contribution >= 4 is 21.5 Å². The molecule has 1 aromatic rings. The van der Waals surface area contributed by atoms with E-state index in [-0.39, 0.29) is 0 Å². The summed E-state index contributed by atoms with van der Waals surface area (Å²) < 4.78 is 0. The number of piperidine rings is 1. The zero-order valence-corrected chi connectivity index (χ0v) is 10.1. The van der Waals surface area contributed by atoms with E-state index < -0.39 is 0 Å². The van der Waals surface area contributed by atoms with Gasteiger partial charge in [0.1, 0.15) is 5.00 Å². The van der Waals surface area contributed by atoms with Crippen molar-refractivity contribution in [2.45, 2.75) is 18.9 Å². The minimum Gasteiger partial charge on any atom is -0.375 e. The van der Waals surface area contributed by atoms with Crippen LogP contribution in [0.25, 0.3) is 0 Å². The van der Waals surface area contributed by atoms with Crippen LogP contribution in [0, 0.1) is 0 Å². The Morgan fingerprint density at radius 1 is 1.47 bits per heavy atom. The third-order valence-corrected chi connectivity index (χ3v) is 3.91. The molecule has 1 aromatic heterocycles. The van der Waals surface area contributed by atoms with Crippen molar-refractivity contribution in [3.8, 4) is 0 Å². The molecule has 15 heavy (non-hydrogen) atoms. The van der Waals surface area contributed by atoms with Crippen molar-refractivity contribution in [3.63, 3.8) is 0 Å². The highest BCUT2D eigenvalue weighted by Gasteiger charge is 2.21. The van der Waals surface area contributed by atoms with Crippen LogP contribution < -0.4 is 10.6 Å². The fourth-order valence-electron chi connectivity index (χ4n) is 2.03. The predicted octanol–water partition coefficient (Wildman–Crippen LogP) is 1.26. The van der Waals surface area contributed by atoms with E-state index in [4.69, 9.17) is 5.73 Å². The minimum absolute atomic E-state index is 0.666. The van der Waals surface area contributed by atoms with Crippen LogP contribution >= 0.6 is 11.3 Å². The molecule has 0 bridgehead atoms. The van der Waals surface area contributed by atoms with Crippen LogP contribution in [0.3, 0.4) is 0 Å². The molecule has 0 unspecified atom stereocenters. The van der Waals surface area contributed by atoms with Gasteiger partial charge in [-0.15, -0.1) is 0 Å². The van der Waals surface area contributed by atoms with E-state index in [0.29, 0.717) is 5.13 Å². The highest BCUT2D eigenvalue weighted by molar-refractivity contribution is 7.19. The lowest BCUT2D eigenvalue weighted by Crippen LogP contribution is -2.41. The van der Waals surface area contributed by atoms with E-state index in [0.717, 1.165) is 19.1 Å². The Hall–Kier alpha value is -0.810. The van der Waals surface area contributed by atoms with Crippen molar-refractivity contribution in [2.75, 3.05) is 37.8 Å². The molecule has 1 saturated heterocycles. The van der Waals surface area contributed by atoms with E-state index in [2.05, 4.69) is 28.9 Å². The van der Waals surface area contributed by atoms with Gasteiger partial charge in [-0.3, -0.25) is 0 Å². The number of hydrogen-bond donors (Lipinski definition) is 1. The molecule has 2 rings (SSSR count). The Kier molecular flexibility index (Phi) is 3.11. The van der Waals surface area contributed by atoms with Crippen LogP contribution in [-0.4, -0.2) is 43.1 Å². The van der Waals surface area contributed by atoms with Crippen LogP contribution in [0.1, 0.15) is 12.8 Å². The highest BCUT2D eigenvalue weighted by atomic mass is 32.1. The Labute approximate surface area is 94.7 Å². The van der Waals surface area contributed by atoms with Gasteiger partial charge in [-0.05, 0) is 26.9 Å². The van der Waals surface area contributed by atoms with Crippen molar-refractivity contribution in [1.29, 1.82) is 0 Å². The van der Waals surface area contributed by atoms with Crippen molar-refractivity contribution in [3.05, 3.63) is 6.20 Å². The van der Waals surface area contributed by atoms with Crippen molar-refractivity contribution in [1.82, 2.24) is 9.88 Å². The summed E-state index contributed by atoms with van der Waals surface area (Å²) in [6.45, 7) is 2.23. The molecular formula is C10H18N4S. The third kappa shape index (κ3) is 2.41. The summed E-state index contributed by atoms with van der Waals surface area (Å²) in [5.41, 5.74) is 5.63. The Balaban J connectivity index is 1.93. The molecule has 0 atom stereocenters. The van der Waals surface area contributed by atoms with Crippen LogP contribution in [0.15, 0.2) is 6.20 Å². The molecule has 4 nitrogen and oxygen atoms in total. The molecule has 1 aliphatic heterocycles. The quantitative estimate of drug-likeness (QED) is 0.824. The summed E-state index contributed by atoms with van der Waals surface area (Å²) in [4.78, 5) is 8.79. The second kappa shape index (κ2) is 4.37.